The zero-order valence-corrected chi connectivity index (χ0v) is 36.1. The Labute approximate surface area is 379 Å². The van der Waals surface area contributed by atoms with E-state index in [1.807, 2.05) is 66.7 Å². The van der Waals surface area contributed by atoms with Gasteiger partial charge in [0.2, 0.25) is 0 Å². The number of para-hydroxylation sites is 2. The summed E-state index contributed by atoms with van der Waals surface area (Å²) in [6, 6.07) is 67.7. The van der Waals surface area contributed by atoms with Crippen molar-refractivity contribution in [2.45, 2.75) is 12.3 Å². The molecule has 0 bridgehead atoms. The van der Waals surface area contributed by atoms with E-state index >= 15 is 0 Å². The molecule has 3 aromatic heterocycles. The van der Waals surface area contributed by atoms with Crippen LogP contribution in [0.15, 0.2) is 182 Å². The van der Waals surface area contributed by atoms with Gasteiger partial charge in [-0.25, -0.2) is 0 Å². The summed E-state index contributed by atoms with van der Waals surface area (Å²) in [6.07, 6.45) is 1.70. The molecule has 0 saturated heterocycles. The van der Waals surface area contributed by atoms with Crippen molar-refractivity contribution < 1.29 is 28.2 Å². The van der Waals surface area contributed by atoms with Gasteiger partial charge in [-0.15, -0.1) is 0 Å². The second-order valence-corrected chi connectivity index (χ2v) is 17.3. The minimum absolute atomic E-state index is 0.219. The molecule has 3 heterocycles. The Morgan fingerprint density at radius 1 is 0.556 bits per heavy atom. The van der Waals surface area contributed by atoms with Crippen LogP contribution >= 0.6 is 0 Å². The predicted octanol–water partition coefficient (Wildman–Crippen LogP) is 13.3. The fraction of sp³-hybridized carbons (Fsp3) is 0.0526. The van der Waals surface area contributed by atoms with Crippen LogP contribution in [0, 0.1) is 22.8 Å². The molecule has 0 radical (unpaired) electrons. The van der Waals surface area contributed by atoms with Gasteiger partial charge in [0, 0.05) is 15.9 Å². The molecule has 5 nitrogen and oxygen atoms in total. The van der Waals surface area contributed by atoms with Gasteiger partial charge in [0.15, 0.2) is 0 Å². The van der Waals surface area contributed by atoms with Crippen LogP contribution in [0.4, 0.5) is 0 Å². The molecule has 6 heteroatoms. The van der Waals surface area contributed by atoms with Crippen LogP contribution < -0.4 is 4.74 Å². The normalized spacial score (nSPS) is 14.0. The van der Waals surface area contributed by atoms with Crippen LogP contribution in [0.3, 0.4) is 0 Å². The zero-order chi connectivity index (χ0) is 44.5. The van der Waals surface area contributed by atoms with Crippen molar-refractivity contribution in [3.8, 4) is 56.4 Å². The van der Waals surface area contributed by atoms with Crippen molar-refractivity contribution in [1.82, 2.24) is 18.7 Å². The summed E-state index contributed by atoms with van der Waals surface area (Å²) in [7, 11) is 2.06. The van der Waals surface area contributed by atoms with Gasteiger partial charge in [-0.3, -0.25) is 0 Å². The first-order valence-electron chi connectivity index (χ1n) is 22.4. The van der Waals surface area contributed by atoms with Gasteiger partial charge >= 0.3 is 194 Å². The number of imidazole rings is 1. The minimum atomic E-state index is -2.43. The Hall–Kier alpha value is -7.33. The average molecular weight is 991 g/mol. The summed E-state index contributed by atoms with van der Waals surface area (Å²) < 4.78 is 40.5. The standard InChI is InChI=1S/C57H36N4O.Pt/c1-36-29-56(58-34-47(36)37-15-4-3-5-16-37)61-54-31-40(62-39-18-14-17-38(30-39)60-35-59(2)52-25-12-13-26-53(52)60)27-28-44(54)46-32-45-43-21-8-11-24-50(43)57(51(45)33-55(46)61)48-22-9-6-19-41(48)42-20-7-10-23-49(42)57;/h3-29,32-34H,1-2H3;/q-2;/i1D3;. The number of aromatic nitrogens is 4. The van der Waals surface area contributed by atoms with E-state index in [9.17, 15) is 0 Å². The number of benzene rings is 8. The van der Waals surface area contributed by atoms with Gasteiger partial charge in [-0.1, -0.05) is 103 Å². The Morgan fingerprint density at radius 2 is 1.21 bits per heavy atom. The maximum atomic E-state index is 8.79. The Balaban J connectivity index is 1.06. The number of aryl methyl sites for hydroxylation is 2. The number of ether oxygens (including phenoxy) is 1. The Bertz CT molecular complexity index is 3850. The van der Waals surface area contributed by atoms with Crippen molar-refractivity contribution in [2.24, 2.45) is 7.05 Å². The molecular weight excluding hydrogens is 952 g/mol. The number of fused-ring (bicyclic) bond motifs is 14. The summed E-state index contributed by atoms with van der Waals surface area (Å²) in [5.41, 5.74) is 15.3. The second kappa shape index (κ2) is 13.6. The molecule has 63 heavy (non-hydrogen) atoms. The SMILES string of the molecule is [2H]C([2H])([2H])c1cc(-n2c3[c-]c(Oc4[c-]c(-n5[c](=[Pt])n(C)c6ccccc65)ccc4)ccc3c3cc4c(cc32)C2(c3ccccc3-c3ccccc32)c2ccccc2-4)ncc1-c1ccccc1. The monoisotopic (exact) mass is 990 g/mol. The number of rotatable bonds is 5. The molecule has 0 unspecified atom stereocenters. The van der Waals surface area contributed by atoms with Gasteiger partial charge in [0.25, 0.3) is 0 Å². The maximum absolute atomic E-state index is 8.79. The molecule has 1 spiro atoms. The van der Waals surface area contributed by atoms with E-state index in [4.69, 9.17) is 13.8 Å². The molecule has 11 aromatic rings. The molecule has 8 aromatic carbocycles. The first kappa shape index (κ1) is 33.3. The van der Waals surface area contributed by atoms with Crippen LogP contribution in [-0.2, 0) is 31.8 Å². The molecule has 13 rings (SSSR count). The average Bonchev–Trinajstić information content (AvgIpc) is 4.01. The summed E-state index contributed by atoms with van der Waals surface area (Å²) in [6.45, 7) is -2.43. The third-order valence-corrected chi connectivity index (χ3v) is 14.4. The third-order valence-electron chi connectivity index (χ3n) is 13.1. The first-order valence-corrected chi connectivity index (χ1v) is 22.1. The molecular formula is C57H36N4OPt-2. The van der Waals surface area contributed by atoms with Crippen LogP contribution in [0.25, 0.3) is 77.7 Å². The summed E-state index contributed by atoms with van der Waals surface area (Å²) in [5, 5.41) is 1.94. The fourth-order valence-electron chi connectivity index (χ4n) is 10.5. The van der Waals surface area contributed by atoms with E-state index in [1.165, 1.54) is 33.4 Å². The van der Waals surface area contributed by atoms with Crippen LogP contribution in [0.1, 0.15) is 31.9 Å². The van der Waals surface area contributed by atoms with E-state index < -0.39 is 12.3 Å². The summed E-state index contributed by atoms with van der Waals surface area (Å²) in [4.78, 5) is 5.10. The molecule has 0 aliphatic heterocycles. The second-order valence-electron chi connectivity index (χ2n) is 16.3. The summed E-state index contributed by atoms with van der Waals surface area (Å²) >= 11 is 2.35. The number of hydrogen-bond acceptors (Lipinski definition) is 2. The van der Waals surface area contributed by atoms with Crippen molar-refractivity contribution in [3.63, 3.8) is 0 Å². The van der Waals surface area contributed by atoms with Crippen LogP contribution in [-0.4, -0.2) is 18.7 Å². The van der Waals surface area contributed by atoms with Gasteiger partial charge in [-0.05, 0) is 62.5 Å². The molecule has 0 N–H and O–H groups in total. The molecule has 0 amide bonds. The van der Waals surface area contributed by atoms with Crippen LogP contribution in [0.2, 0.25) is 0 Å². The van der Waals surface area contributed by atoms with E-state index in [1.54, 1.807) is 12.3 Å². The first-order chi connectivity index (χ1) is 32.2. The quantitative estimate of drug-likeness (QED) is 0.161. The zero-order valence-electron chi connectivity index (χ0n) is 36.8. The minimum Gasteiger partial charge on any atom is -0.0622 e. The molecule has 2 aliphatic carbocycles. The molecule has 0 atom stereocenters. The van der Waals surface area contributed by atoms with Gasteiger partial charge in [0.05, 0.1) is 5.41 Å². The Morgan fingerprint density at radius 3 is 1.94 bits per heavy atom. The van der Waals surface area contributed by atoms with Crippen molar-refractivity contribution >= 4 is 32.8 Å². The predicted molar refractivity (Wildman–Crippen MR) is 248 cm³/mol. The van der Waals surface area contributed by atoms with E-state index in [0.29, 0.717) is 28.4 Å². The van der Waals surface area contributed by atoms with E-state index in [0.717, 1.165) is 53.5 Å². The fourth-order valence-corrected chi connectivity index (χ4v) is 11.3. The molecule has 2 aliphatic rings. The Kier molecular flexibility index (Phi) is 7.18. The van der Waals surface area contributed by atoms with Crippen LogP contribution in [0.5, 0.6) is 11.5 Å². The third kappa shape index (κ3) is 5.09. The topological polar surface area (TPSA) is 36.9 Å². The van der Waals surface area contributed by atoms with Crippen molar-refractivity contribution in [3.05, 3.63) is 226 Å². The smallest absolute Gasteiger partial charge is 0.0622 e. The van der Waals surface area contributed by atoms with Gasteiger partial charge in [0.1, 0.15) is 0 Å². The van der Waals surface area contributed by atoms with Crippen molar-refractivity contribution in [2.75, 3.05) is 0 Å². The number of nitrogens with zero attached hydrogens (tertiary/aromatic N) is 4. The van der Waals surface area contributed by atoms with Gasteiger partial charge < -0.3 is 0 Å². The number of pyridine rings is 1. The van der Waals surface area contributed by atoms with E-state index in [2.05, 4.69) is 155 Å². The molecule has 302 valence electrons. The molecule has 0 fully saturated rings. The van der Waals surface area contributed by atoms with Crippen molar-refractivity contribution in [1.29, 1.82) is 0 Å². The number of hydrogen-bond donors (Lipinski definition) is 0. The summed E-state index contributed by atoms with van der Waals surface area (Å²) in [5.74, 6) is 1.50. The van der Waals surface area contributed by atoms with E-state index in [-0.39, 0.29) is 5.56 Å². The van der Waals surface area contributed by atoms with Gasteiger partial charge in [-0.2, -0.15) is 0 Å². The molecule has 0 saturated carbocycles.